The quantitative estimate of drug-likeness (QED) is 0.852. The molecular weight excluding hydrogens is 260 g/mol. The Balaban J connectivity index is 1.44. The Hall–Kier alpha value is -1.53. The van der Waals surface area contributed by atoms with Gasteiger partial charge in [-0.3, -0.25) is 4.90 Å². The van der Waals surface area contributed by atoms with Crippen LogP contribution < -0.4 is 4.74 Å². The second-order valence-corrected chi connectivity index (χ2v) is 6.23. The molecule has 0 aromatic heterocycles. The first kappa shape index (κ1) is 14.4. The summed E-state index contributed by atoms with van der Waals surface area (Å²) in [5, 5.41) is 8.91. The van der Waals surface area contributed by atoms with Gasteiger partial charge in [0, 0.05) is 12.5 Å². The van der Waals surface area contributed by atoms with Gasteiger partial charge in [0.05, 0.1) is 6.07 Å². The van der Waals surface area contributed by atoms with Crippen LogP contribution in [0.25, 0.3) is 0 Å². The summed E-state index contributed by atoms with van der Waals surface area (Å²) in [6.07, 6.45) is 7.08. The van der Waals surface area contributed by atoms with E-state index >= 15 is 0 Å². The molecule has 0 N–H and O–H groups in total. The van der Waals surface area contributed by atoms with Gasteiger partial charge in [-0.2, -0.15) is 5.26 Å². The van der Waals surface area contributed by atoms with Gasteiger partial charge in [0.2, 0.25) is 0 Å². The van der Waals surface area contributed by atoms with Crippen LogP contribution in [0.1, 0.15) is 36.8 Å². The Morgan fingerprint density at radius 3 is 2.67 bits per heavy atom. The van der Waals surface area contributed by atoms with E-state index in [1.165, 1.54) is 36.8 Å². The molecule has 1 saturated heterocycles. The summed E-state index contributed by atoms with van der Waals surface area (Å²) < 4.78 is 5.92. The van der Waals surface area contributed by atoms with Crippen molar-refractivity contribution >= 4 is 0 Å². The van der Waals surface area contributed by atoms with Crippen LogP contribution in [0.2, 0.25) is 0 Å². The van der Waals surface area contributed by atoms with Crippen molar-refractivity contribution in [2.75, 3.05) is 26.2 Å². The third-order valence-electron chi connectivity index (χ3n) is 4.77. The molecule has 0 bridgehead atoms. The van der Waals surface area contributed by atoms with Crippen molar-refractivity contribution in [3.8, 4) is 11.8 Å². The molecule has 3 nitrogen and oxygen atoms in total. The average Bonchev–Trinajstić information content (AvgIpc) is 2.55. The van der Waals surface area contributed by atoms with Gasteiger partial charge in [-0.1, -0.05) is 6.07 Å². The number of aryl methyl sites for hydroxylation is 2. The van der Waals surface area contributed by atoms with Crippen molar-refractivity contribution in [2.24, 2.45) is 5.92 Å². The lowest BCUT2D eigenvalue weighted by Gasteiger charge is -2.28. The zero-order valence-electron chi connectivity index (χ0n) is 12.7. The van der Waals surface area contributed by atoms with E-state index in [0.29, 0.717) is 0 Å². The molecule has 112 valence electrons. The van der Waals surface area contributed by atoms with Crippen LogP contribution in [-0.2, 0) is 12.8 Å². The molecule has 21 heavy (non-hydrogen) atoms. The molecule has 0 saturated carbocycles. The number of ether oxygens (including phenoxy) is 1. The lowest BCUT2D eigenvalue weighted by molar-refractivity contribution is 0.169. The summed E-state index contributed by atoms with van der Waals surface area (Å²) in [5.74, 6) is 1.28. The van der Waals surface area contributed by atoms with Crippen molar-refractivity contribution in [3.63, 3.8) is 0 Å². The molecule has 1 aromatic rings. The first-order valence-corrected chi connectivity index (χ1v) is 8.22. The molecule has 1 aliphatic heterocycles. The molecule has 1 fully saturated rings. The standard InChI is InChI=1S/C18H24N2O/c19-14-15-7-9-20(10-8-15)11-12-21-18-6-5-16-3-1-2-4-17(16)13-18/h5-6,13,15H,1-4,7-12H2. The van der Waals surface area contributed by atoms with Crippen LogP contribution in [0.15, 0.2) is 18.2 Å². The van der Waals surface area contributed by atoms with Crippen molar-refractivity contribution < 1.29 is 4.74 Å². The minimum absolute atomic E-state index is 0.266. The van der Waals surface area contributed by atoms with E-state index in [1.807, 2.05) is 0 Å². The molecule has 2 aliphatic rings. The largest absolute Gasteiger partial charge is 0.492 e. The second-order valence-electron chi connectivity index (χ2n) is 6.23. The van der Waals surface area contributed by atoms with Crippen LogP contribution in [0.3, 0.4) is 0 Å². The van der Waals surface area contributed by atoms with Crippen LogP contribution in [0.5, 0.6) is 5.75 Å². The first-order valence-electron chi connectivity index (χ1n) is 8.22. The molecule has 1 aromatic carbocycles. The monoisotopic (exact) mass is 284 g/mol. The number of likely N-dealkylation sites (tertiary alicyclic amines) is 1. The predicted molar refractivity (Wildman–Crippen MR) is 83.4 cm³/mol. The molecule has 0 spiro atoms. The maximum atomic E-state index is 8.91. The number of hydrogen-bond acceptors (Lipinski definition) is 3. The predicted octanol–water partition coefficient (Wildman–Crippen LogP) is 3.18. The summed E-state index contributed by atoms with van der Waals surface area (Å²) >= 11 is 0. The zero-order chi connectivity index (χ0) is 14.5. The van der Waals surface area contributed by atoms with E-state index in [-0.39, 0.29) is 5.92 Å². The highest BCUT2D eigenvalue weighted by Gasteiger charge is 2.18. The average molecular weight is 284 g/mol. The van der Waals surface area contributed by atoms with E-state index in [9.17, 15) is 0 Å². The Bertz CT molecular complexity index is 512. The molecular formula is C18H24N2O. The van der Waals surface area contributed by atoms with Gasteiger partial charge in [0.25, 0.3) is 0 Å². The number of piperidine rings is 1. The third kappa shape index (κ3) is 3.77. The van der Waals surface area contributed by atoms with Crippen molar-refractivity contribution in [1.29, 1.82) is 5.26 Å². The topological polar surface area (TPSA) is 36.3 Å². The van der Waals surface area contributed by atoms with E-state index < -0.39 is 0 Å². The fourth-order valence-electron chi connectivity index (χ4n) is 3.38. The minimum Gasteiger partial charge on any atom is -0.492 e. The molecule has 0 atom stereocenters. The van der Waals surface area contributed by atoms with E-state index in [0.717, 1.165) is 44.8 Å². The zero-order valence-corrected chi connectivity index (χ0v) is 12.7. The lowest BCUT2D eigenvalue weighted by atomic mass is 9.92. The Kier molecular flexibility index (Phi) is 4.77. The van der Waals surface area contributed by atoms with Crippen molar-refractivity contribution in [3.05, 3.63) is 29.3 Å². The third-order valence-corrected chi connectivity index (χ3v) is 4.77. The number of benzene rings is 1. The van der Waals surface area contributed by atoms with Gasteiger partial charge in [-0.15, -0.1) is 0 Å². The summed E-state index contributed by atoms with van der Waals surface area (Å²) in [5.41, 5.74) is 2.99. The maximum Gasteiger partial charge on any atom is 0.119 e. The molecule has 1 heterocycles. The number of hydrogen-bond donors (Lipinski definition) is 0. The number of fused-ring (bicyclic) bond motifs is 1. The maximum absolute atomic E-state index is 8.91. The van der Waals surface area contributed by atoms with Gasteiger partial charge in [0.1, 0.15) is 12.4 Å². The molecule has 3 heteroatoms. The van der Waals surface area contributed by atoms with E-state index in [2.05, 4.69) is 29.2 Å². The fraction of sp³-hybridized carbons (Fsp3) is 0.611. The highest BCUT2D eigenvalue weighted by atomic mass is 16.5. The van der Waals surface area contributed by atoms with Gasteiger partial charge in [-0.25, -0.2) is 0 Å². The normalized spacial score (nSPS) is 19.8. The summed E-state index contributed by atoms with van der Waals surface area (Å²) in [6, 6.07) is 8.97. The minimum atomic E-state index is 0.266. The van der Waals surface area contributed by atoms with E-state index in [1.54, 1.807) is 0 Å². The first-order chi connectivity index (χ1) is 10.3. The van der Waals surface area contributed by atoms with E-state index in [4.69, 9.17) is 10.00 Å². The van der Waals surface area contributed by atoms with Crippen molar-refractivity contribution in [2.45, 2.75) is 38.5 Å². The smallest absolute Gasteiger partial charge is 0.119 e. The second kappa shape index (κ2) is 6.95. The molecule has 0 unspecified atom stereocenters. The summed E-state index contributed by atoms with van der Waals surface area (Å²) in [6.45, 7) is 3.78. The highest BCUT2D eigenvalue weighted by molar-refractivity contribution is 5.37. The number of nitrogens with zero attached hydrogens (tertiary/aromatic N) is 2. The van der Waals surface area contributed by atoms with Crippen LogP contribution in [0, 0.1) is 17.2 Å². The van der Waals surface area contributed by atoms with Crippen LogP contribution in [0.4, 0.5) is 0 Å². The molecule has 0 radical (unpaired) electrons. The molecule has 0 amide bonds. The number of rotatable bonds is 4. The molecule has 3 rings (SSSR count). The van der Waals surface area contributed by atoms with Crippen molar-refractivity contribution in [1.82, 2.24) is 4.90 Å². The lowest BCUT2D eigenvalue weighted by Crippen LogP contribution is -2.36. The Labute approximate surface area is 127 Å². The number of nitriles is 1. The van der Waals surface area contributed by atoms with Gasteiger partial charge >= 0.3 is 0 Å². The fourth-order valence-corrected chi connectivity index (χ4v) is 3.38. The summed E-state index contributed by atoms with van der Waals surface area (Å²) in [4.78, 5) is 2.41. The summed E-state index contributed by atoms with van der Waals surface area (Å²) in [7, 11) is 0. The highest BCUT2D eigenvalue weighted by Crippen LogP contribution is 2.25. The molecule has 1 aliphatic carbocycles. The van der Waals surface area contributed by atoms with Gasteiger partial charge < -0.3 is 4.74 Å². The SMILES string of the molecule is N#CC1CCN(CCOc2ccc3c(c2)CCCC3)CC1. The van der Waals surface area contributed by atoms with Gasteiger partial charge in [-0.05, 0) is 74.9 Å². The van der Waals surface area contributed by atoms with Crippen LogP contribution in [-0.4, -0.2) is 31.1 Å². The van der Waals surface area contributed by atoms with Gasteiger partial charge in [0.15, 0.2) is 0 Å². The van der Waals surface area contributed by atoms with Crippen LogP contribution >= 0.6 is 0 Å². The Morgan fingerprint density at radius 1 is 1.14 bits per heavy atom. The Morgan fingerprint density at radius 2 is 1.90 bits per heavy atom.